The smallest absolute Gasteiger partial charge is 0.137 e. The second-order valence-electron chi connectivity index (χ2n) is 7.18. The summed E-state index contributed by atoms with van der Waals surface area (Å²) in [5.41, 5.74) is 2.81. The monoisotopic (exact) mass is 341 g/mol. The number of aryl methyl sites for hydroxylation is 1. The summed E-state index contributed by atoms with van der Waals surface area (Å²) in [6.07, 6.45) is 8.38. The molecule has 1 unspecified atom stereocenters. The lowest BCUT2D eigenvalue weighted by molar-refractivity contribution is 0.0803. The number of methoxy groups -OCH3 is 1. The van der Waals surface area contributed by atoms with Crippen molar-refractivity contribution in [2.24, 2.45) is 13.0 Å². The maximum atomic E-state index is 5.98. The second kappa shape index (κ2) is 7.18. The van der Waals surface area contributed by atoms with Gasteiger partial charge in [-0.2, -0.15) is 0 Å². The summed E-state index contributed by atoms with van der Waals surface area (Å²) < 4.78 is 13.6. The van der Waals surface area contributed by atoms with Gasteiger partial charge < -0.3 is 19.4 Å². The summed E-state index contributed by atoms with van der Waals surface area (Å²) in [7, 11) is 3.80. The van der Waals surface area contributed by atoms with Crippen LogP contribution in [0.3, 0.4) is 0 Å². The van der Waals surface area contributed by atoms with E-state index >= 15 is 0 Å². The lowest BCUT2D eigenvalue weighted by Crippen LogP contribution is -2.38. The third-order valence-corrected chi connectivity index (χ3v) is 5.65. The number of benzene rings is 1. The number of nitrogens with one attached hydrogen (secondary N) is 1. The van der Waals surface area contributed by atoms with E-state index < -0.39 is 0 Å². The summed E-state index contributed by atoms with van der Waals surface area (Å²) in [6, 6.07) is 6.94. The molecule has 3 atom stereocenters. The van der Waals surface area contributed by atoms with Gasteiger partial charge in [0.1, 0.15) is 17.7 Å². The minimum absolute atomic E-state index is 0.114. The molecule has 1 aliphatic heterocycles. The van der Waals surface area contributed by atoms with Crippen LogP contribution in [0.1, 0.15) is 35.9 Å². The van der Waals surface area contributed by atoms with Crippen LogP contribution >= 0.6 is 0 Å². The van der Waals surface area contributed by atoms with Crippen LogP contribution < -0.4 is 10.1 Å². The van der Waals surface area contributed by atoms with E-state index in [2.05, 4.69) is 33.1 Å². The van der Waals surface area contributed by atoms with Crippen LogP contribution in [0.15, 0.2) is 30.6 Å². The number of hydrogen-bond donors (Lipinski definition) is 1. The van der Waals surface area contributed by atoms with Crippen molar-refractivity contribution < 1.29 is 9.47 Å². The van der Waals surface area contributed by atoms with Gasteiger partial charge in [0.2, 0.25) is 0 Å². The summed E-state index contributed by atoms with van der Waals surface area (Å²) in [5, 5.41) is 3.80. The molecule has 2 aromatic rings. The van der Waals surface area contributed by atoms with Crippen molar-refractivity contribution in [3.8, 4) is 5.75 Å². The molecule has 1 aromatic heterocycles. The number of aromatic nitrogens is 2. The molecule has 1 aromatic carbocycles. The van der Waals surface area contributed by atoms with Gasteiger partial charge in [0.15, 0.2) is 0 Å². The zero-order valence-electron chi connectivity index (χ0n) is 15.1. The predicted molar refractivity (Wildman–Crippen MR) is 96.8 cm³/mol. The largest absolute Gasteiger partial charge is 0.496 e. The van der Waals surface area contributed by atoms with Crippen molar-refractivity contribution >= 4 is 0 Å². The minimum Gasteiger partial charge on any atom is -0.496 e. The highest BCUT2D eigenvalue weighted by molar-refractivity contribution is 5.42. The van der Waals surface area contributed by atoms with Crippen LogP contribution in [0.4, 0.5) is 0 Å². The van der Waals surface area contributed by atoms with Crippen LogP contribution in [0.5, 0.6) is 5.75 Å². The van der Waals surface area contributed by atoms with Gasteiger partial charge in [-0.15, -0.1) is 0 Å². The Hall–Kier alpha value is -1.85. The topological polar surface area (TPSA) is 48.3 Å². The quantitative estimate of drug-likeness (QED) is 0.908. The van der Waals surface area contributed by atoms with Crippen molar-refractivity contribution in [2.45, 2.75) is 37.8 Å². The van der Waals surface area contributed by atoms with Crippen LogP contribution in [0, 0.1) is 5.92 Å². The lowest BCUT2D eigenvalue weighted by Gasteiger charge is -2.28. The van der Waals surface area contributed by atoms with E-state index in [0.29, 0.717) is 12.0 Å². The van der Waals surface area contributed by atoms with E-state index in [1.807, 2.05) is 19.4 Å². The zero-order valence-corrected chi connectivity index (χ0v) is 15.1. The van der Waals surface area contributed by atoms with Crippen LogP contribution in [0.2, 0.25) is 0 Å². The Bertz CT molecular complexity index is 727. The molecule has 2 aliphatic rings. The molecule has 0 radical (unpaired) electrons. The first-order chi connectivity index (χ1) is 12.3. The van der Waals surface area contributed by atoms with Gasteiger partial charge >= 0.3 is 0 Å². The first kappa shape index (κ1) is 16.6. The first-order valence-corrected chi connectivity index (χ1v) is 9.23. The van der Waals surface area contributed by atoms with Crippen molar-refractivity contribution in [1.29, 1.82) is 0 Å². The zero-order chi connectivity index (χ0) is 17.2. The van der Waals surface area contributed by atoms with Crippen molar-refractivity contribution in [3.05, 3.63) is 47.5 Å². The molecule has 1 N–H and O–H groups in total. The first-order valence-electron chi connectivity index (χ1n) is 9.23. The van der Waals surface area contributed by atoms with Gasteiger partial charge in [-0.3, -0.25) is 0 Å². The summed E-state index contributed by atoms with van der Waals surface area (Å²) >= 11 is 0. The molecule has 0 amide bonds. The average molecular weight is 341 g/mol. The van der Waals surface area contributed by atoms with Gasteiger partial charge in [-0.1, -0.05) is 12.1 Å². The fraction of sp³-hybridized carbons (Fsp3) is 0.550. The summed E-state index contributed by atoms with van der Waals surface area (Å²) in [6.45, 7) is 1.82. The fourth-order valence-electron chi connectivity index (χ4n) is 4.24. The number of fused-ring (bicyclic) bond motifs is 1. The van der Waals surface area contributed by atoms with Crippen LogP contribution in [-0.4, -0.2) is 35.9 Å². The van der Waals surface area contributed by atoms with Crippen molar-refractivity contribution in [2.75, 3.05) is 20.3 Å². The molecular formula is C20H27N3O2. The Labute approximate surface area is 149 Å². The highest BCUT2D eigenvalue weighted by Crippen LogP contribution is 2.34. The number of nitrogens with zero attached hydrogens (tertiary/aromatic N) is 2. The average Bonchev–Trinajstić information content (AvgIpc) is 3.27. The Morgan fingerprint density at radius 2 is 2.28 bits per heavy atom. The molecule has 1 fully saturated rings. The molecule has 134 valence electrons. The van der Waals surface area contributed by atoms with E-state index in [4.69, 9.17) is 9.47 Å². The molecule has 5 heteroatoms. The van der Waals surface area contributed by atoms with Gasteiger partial charge in [0.05, 0.1) is 7.11 Å². The molecule has 2 heterocycles. The molecule has 4 rings (SSSR count). The maximum Gasteiger partial charge on any atom is 0.137 e. The van der Waals surface area contributed by atoms with Gasteiger partial charge in [0, 0.05) is 44.6 Å². The Morgan fingerprint density at radius 3 is 3.08 bits per heavy atom. The van der Waals surface area contributed by atoms with E-state index in [-0.39, 0.29) is 6.10 Å². The third kappa shape index (κ3) is 3.31. The molecule has 0 spiro atoms. The molecule has 25 heavy (non-hydrogen) atoms. The van der Waals surface area contributed by atoms with Crippen LogP contribution in [-0.2, 0) is 24.6 Å². The van der Waals surface area contributed by atoms with Crippen molar-refractivity contribution in [3.63, 3.8) is 0 Å². The number of imidazole rings is 1. The number of rotatable bonds is 5. The Balaban J connectivity index is 1.38. The third-order valence-electron chi connectivity index (χ3n) is 5.65. The molecule has 1 aliphatic carbocycles. The standard InChI is InChI=1S/C20H27N3O2/c1-23-10-9-21-20(23)19-15(8-11-25-19)13-22-16-6-7-17-14(12-16)4-3-5-18(17)24-2/h3-5,9-10,15-16,19,22H,6-8,11-13H2,1-2H3/t15-,16?,19+/m0/s1. The van der Waals surface area contributed by atoms with Crippen molar-refractivity contribution in [1.82, 2.24) is 14.9 Å². The Morgan fingerprint density at radius 1 is 1.36 bits per heavy atom. The fourth-order valence-corrected chi connectivity index (χ4v) is 4.24. The second-order valence-corrected chi connectivity index (χ2v) is 7.18. The number of hydrogen-bond acceptors (Lipinski definition) is 4. The SMILES string of the molecule is COc1cccc2c1CCC(NC[C@@H]1CCO[C@H]1c1nccn1C)C2. The summed E-state index contributed by atoms with van der Waals surface area (Å²) in [5.74, 6) is 2.57. The summed E-state index contributed by atoms with van der Waals surface area (Å²) in [4.78, 5) is 4.49. The molecule has 0 saturated carbocycles. The minimum atomic E-state index is 0.114. The molecular weight excluding hydrogens is 314 g/mol. The number of ether oxygens (including phenoxy) is 2. The van der Waals surface area contributed by atoms with E-state index in [1.54, 1.807) is 7.11 Å². The predicted octanol–water partition coefficient (Wildman–Crippen LogP) is 2.65. The van der Waals surface area contributed by atoms with E-state index in [1.165, 1.54) is 11.1 Å². The molecule has 5 nitrogen and oxygen atoms in total. The van der Waals surface area contributed by atoms with E-state index in [9.17, 15) is 0 Å². The lowest BCUT2D eigenvalue weighted by atomic mass is 9.87. The molecule has 1 saturated heterocycles. The normalized spacial score (nSPS) is 25.8. The van der Waals surface area contributed by atoms with Crippen LogP contribution in [0.25, 0.3) is 0 Å². The highest BCUT2D eigenvalue weighted by Gasteiger charge is 2.33. The van der Waals surface area contributed by atoms with Gasteiger partial charge in [-0.25, -0.2) is 4.98 Å². The van der Waals surface area contributed by atoms with Gasteiger partial charge in [-0.05, 0) is 42.9 Å². The van der Waals surface area contributed by atoms with E-state index in [0.717, 1.165) is 50.4 Å². The highest BCUT2D eigenvalue weighted by atomic mass is 16.5. The van der Waals surface area contributed by atoms with Gasteiger partial charge in [0.25, 0.3) is 0 Å². The Kier molecular flexibility index (Phi) is 4.77. The maximum absolute atomic E-state index is 5.98. The molecule has 0 bridgehead atoms.